The number of aryl methyl sites for hydroxylation is 3. The summed E-state index contributed by atoms with van der Waals surface area (Å²) < 4.78 is 0. The number of anilines is 1. The summed E-state index contributed by atoms with van der Waals surface area (Å²) in [6, 6.07) is 10.9. The van der Waals surface area contributed by atoms with Crippen molar-refractivity contribution < 1.29 is 9.59 Å². The van der Waals surface area contributed by atoms with Crippen molar-refractivity contribution in [3.05, 3.63) is 64.2 Å². The van der Waals surface area contributed by atoms with Crippen molar-refractivity contribution in [1.29, 1.82) is 0 Å². The van der Waals surface area contributed by atoms with Crippen LogP contribution in [0.4, 0.5) is 5.69 Å². The van der Waals surface area contributed by atoms with Crippen LogP contribution in [0.25, 0.3) is 0 Å². The molecule has 0 atom stereocenters. The zero-order valence-electron chi connectivity index (χ0n) is 12.8. The van der Waals surface area contributed by atoms with Gasteiger partial charge in [-0.05, 0) is 62.6 Å². The van der Waals surface area contributed by atoms with Crippen molar-refractivity contribution in [2.45, 2.75) is 27.7 Å². The van der Waals surface area contributed by atoms with Crippen molar-refractivity contribution in [3.8, 4) is 0 Å². The molecule has 0 unspecified atom stereocenters. The molecule has 2 aromatic carbocycles. The van der Waals surface area contributed by atoms with E-state index in [-0.39, 0.29) is 11.7 Å². The van der Waals surface area contributed by atoms with Crippen LogP contribution in [0.15, 0.2) is 36.4 Å². The van der Waals surface area contributed by atoms with Crippen molar-refractivity contribution in [1.82, 2.24) is 0 Å². The Bertz CT molecular complexity index is 717. The van der Waals surface area contributed by atoms with E-state index in [2.05, 4.69) is 5.32 Å². The van der Waals surface area contributed by atoms with E-state index in [1.54, 1.807) is 24.3 Å². The molecule has 0 aliphatic heterocycles. The van der Waals surface area contributed by atoms with Crippen LogP contribution in [0.1, 0.15) is 44.3 Å². The lowest BCUT2D eigenvalue weighted by atomic mass is 10.0. The molecule has 0 saturated carbocycles. The van der Waals surface area contributed by atoms with Crippen LogP contribution in [0, 0.1) is 20.8 Å². The van der Waals surface area contributed by atoms with Crippen LogP contribution < -0.4 is 5.32 Å². The maximum absolute atomic E-state index is 12.4. The normalized spacial score (nSPS) is 10.3. The Kier molecular flexibility index (Phi) is 4.22. The van der Waals surface area contributed by atoms with Crippen molar-refractivity contribution in [2.75, 3.05) is 5.32 Å². The quantitative estimate of drug-likeness (QED) is 0.862. The van der Waals surface area contributed by atoms with Crippen LogP contribution in [-0.2, 0) is 0 Å². The molecule has 2 rings (SSSR count). The molecular formula is C18H19NO2. The first-order valence-electron chi connectivity index (χ1n) is 6.88. The van der Waals surface area contributed by atoms with Gasteiger partial charge in [-0.3, -0.25) is 9.59 Å². The lowest BCUT2D eigenvalue weighted by molar-refractivity contribution is 0.101. The first-order valence-corrected chi connectivity index (χ1v) is 6.88. The molecule has 0 spiro atoms. The number of carbonyl (C=O) groups is 2. The highest BCUT2D eigenvalue weighted by Crippen LogP contribution is 2.18. The molecule has 0 aromatic heterocycles. The Morgan fingerprint density at radius 1 is 0.905 bits per heavy atom. The molecule has 0 bridgehead atoms. The van der Waals surface area contributed by atoms with E-state index in [9.17, 15) is 9.59 Å². The maximum Gasteiger partial charge on any atom is 0.255 e. The summed E-state index contributed by atoms with van der Waals surface area (Å²) in [5.41, 5.74) is 5.07. The van der Waals surface area contributed by atoms with E-state index >= 15 is 0 Å². The van der Waals surface area contributed by atoms with Gasteiger partial charge in [-0.25, -0.2) is 0 Å². The van der Waals surface area contributed by atoms with Crippen LogP contribution >= 0.6 is 0 Å². The third-order valence-corrected chi connectivity index (χ3v) is 3.61. The minimum absolute atomic E-state index is 0.0199. The molecule has 0 radical (unpaired) electrons. The molecule has 0 saturated heterocycles. The Hall–Kier alpha value is -2.42. The van der Waals surface area contributed by atoms with Crippen molar-refractivity contribution >= 4 is 17.4 Å². The lowest BCUT2D eigenvalue weighted by Crippen LogP contribution is -2.14. The number of nitrogens with one attached hydrogen (secondary N) is 1. The third kappa shape index (κ3) is 3.37. The summed E-state index contributed by atoms with van der Waals surface area (Å²) in [6.07, 6.45) is 0. The highest BCUT2D eigenvalue weighted by Gasteiger charge is 2.11. The summed E-state index contributed by atoms with van der Waals surface area (Å²) in [6.45, 7) is 7.45. The fourth-order valence-electron chi connectivity index (χ4n) is 2.22. The Morgan fingerprint density at radius 2 is 1.57 bits per heavy atom. The second-order valence-electron chi connectivity index (χ2n) is 5.34. The van der Waals surface area contributed by atoms with Crippen LogP contribution in [0.2, 0.25) is 0 Å². The van der Waals surface area contributed by atoms with E-state index < -0.39 is 0 Å². The zero-order valence-corrected chi connectivity index (χ0v) is 12.8. The van der Waals surface area contributed by atoms with Gasteiger partial charge in [0.15, 0.2) is 5.78 Å². The van der Waals surface area contributed by atoms with Gasteiger partial charge in [0.1, 0.15) is 0 Å². The minimum atomic E-state index is -0.156. The monoisotopic (exact) mass is 281 g/mol. The number of hydrogen-bond acceptors (Lipinski definition) is 2. The standard InChI is InChI=1S/C18H19NO2/c1-11-8-13(3)17(9-12(11)2)18(21)19-16-7-5-6-15(10-16)14(4)20/h5-10H,1-4H3,(H,19,21). The van der Waals surface area contributed by atoms with Crippen molar-refractivity contribution in [2.24, 2.45) is 0 Å². The molecule has 0 heterocycles. The molecule has 3 heteroatoms. The SMILES string of the molecule is CC(=O)c1cccc(NC(=O)c2cc(C)c(C)cc2C)c1. The van der Waals surface area contributed by atoms with E-state index in [1.807, 2.05) is 32.9 Å². The summed E-state index contributed by atoms with van der Waals surface area (Å²) in [4.78, 5) is 23.8. The number of amides is 1. The molecule has 108 valence electrons. The number of Topliss-reactive ketones (excluding diaryl/α,β-unsaturated/α-hetero) is 1. The lowest BCUT2D eigenvalue weighted by Gasteiger charge is -2.11. The predicted octanol–water partition coefficient (Wildman–Crippen LogP) is 4.07. The summed E-state index contributed by atoms with van der Waals surface area (Å²) in [5.74, 6) is -0.176. The minimum Gasteiger partial charge on any atom is -0.322 e. The van der Waals surface area contributed by atoms with E-state index in [0.29, 0.717) is 16.8 Å². The smallest absolute Gasteiger partial charge is 0.255 e. The fourth-order valence-corrected chi connectivity index (χ4v) is 2.22. The zero-order chi connectivity index (χ0) is 15.6. The Balaban J connectivity index is 2.28. The number of hydrogen-bond donors (Lipinski definition) is 1. The van der Waals surface area contributed by atoms with E-state index in [0.717, 1.165) is 11.1 Å². The van der Waals surface area contributed by atoms with Gasteiger partial charge in [0.2, 0.25) is 0 Å². The molecule has 0 aliphatic rings. The molecule has 2 aromatic rings. The summed E-state index contributed by atoms with van der Waals surface area (Å²) in [7, 11) is 0. The van der Waals surface area contributed by atoms with Crippen molar-refractivity contribution in [3.63, 3.8) is 0 Å². The van der Waals surface area contributed by atoms with Gasteiger partial charge in [-0.2, -0.15) is 0 Å². The maximum atomic E-state index is 12.4. The average Bonchev–Trinajstić information content (AvgIpc) is 2.43. The second-order valence-corrected chi connectivity index (χ2v) is 5.34. The number of carbonyl (C=O) groups excluding carboxylic acids is 2. The van der Waals surface area contributed by atoms with Crippen LogP contribution in [0.5, 0.6) is 0 Å². The molecular weight excluding hydrogens is 262 g/mol. The van der Waals surface area contributed by atoms with Crippen LogP contribution in [0.3, 0.4) is 0 Å². The highest BCUT2D eigenvalue weighted by atomic mass is 16.1. The van der Waals surface area contributed by atoms with Gasteiger partial charge in [-0.15, -0.1) is 0 Å². The van der Waals surface area contributed by atoms with Gasteiger partial charge < -0.3 is 5.32 Å². The van der Waals surface area contributed by atoms with Gasteiger partial charge in [0, 0.05) is 16.8 Å². The molecule has 0 fully saturated rings. The Labute approximate surface area is 125 Å². The van der Waals surface area contributed by atoms with E-state index in [4.69, 9.17) is 0 Å². The van der Waals surface area contributed by atoms with Crippen LogP contribution in [-0.4, -0.2) is 11.7 Å². The number of benzene rings is 2. The summed E-state index contributed by atoms with van der Waals surface area (Å²) in [5, 5.41) is 2.85. The van der Waals surface area contributed by atoms with E-state index in [1.165, 1.54) is 12.5 Å². The first-order chi connectivity index (χ1) is 9.88. The fraction of sp³-hybridized carbons (Fsp3) is 0.222. The first kappa shape index (κ1) is 15.0. The van der Waals surface area contributed by atoms with Gasteiger partial charge in [0.05, 0.1) is 0 Å². The largest absolute Gasteiger partial charge is 0.322 e. The second kappa shape index (κ2) is 5.92. The Morgan fingerprint density at radius 3 is 2.24 bits per heavy atom. The van der Waals surface area contributed by atoms with Gasteiger partial charge in [-0.1, -0.05) is 18.2 Å². The predicted molar refractivity (Wildman–Crippen MR) is 85.1 cm³/mol. The third-order valence-electron chi connectivity index (χ3n) is 3.61. The molecule has 0 aliphatic carbocycles. The summed E-state index contributed by atoms with van der Waals surface area (Å²) >= 11 is 0. The van der Waals surface area contributed by atoms with Gasteiger partial charge in [0.25, 0.3) is 5.91 Å². The molecule has 1 N–H and O–H groups in total. The topological polar surface area (TPSA) is 46.2 Å². The molecule has 3 nitrogen and oxygen atoms in total. The van der Waals surface area contributed by atoms with Gasteiger partial charge >= 0.3 is 0 Å². The average molecular weight is 281 g/mol. The number of rotatable bonds is 3. The molecule has 1 amide bonds. The molecule has 21 heavy (non-hydrogen) atoms. The number of ketones is 1. The highest BCUT2D eigenvalue weighted by molar-refractivity contribution is 6.06.